The van der Waals surface area contributed by atoms with E-state index in [0.29, 0.717) is 0 Å². The number of carbonyl (C=O) groups is 1. The Labute approximate surface area is 125 Å². The minimum atomic E-state index is -0.426. The summed E-state index contributed by atoms with van der Waals surface area (Å²) in [5, 5.41) is 0. The molecule has 0 spiro atoms. The SMILES string of the molecule is COc1ccccc1[C@@H]1N(c2ccccc2)C(=O)C1(C)C. The summed E-state index contributed by atoms with van der Waals surface area (Å²) in [7, 11) is 1.67. The Kier molecular flexibility index (Phi) is 3.20. The van der Waals surface area contributed by atoms with Gasteiger partial charge in [-0.2, -0.15) is 0 Å². The normalized spacial score (nSPS) is 20.0. The highest BCUT2D eigenvalue weighted by molar-refractivity contribution is 6.05. The van der Waals surface area contributed by atoms with Crippen LogP contribution in [0.15, 0.2) is 54.6 Å². The molecule has 0 saturated carbocycles. The molecule has 21 heavy (non-hydrogen) atoms. The maximum Gasteiger partial charge on any atom is 0.235 e. The number of β-lactam (4-membered cyclic amide) rings is 1. The van der Waals surface area contributed by atoms with Crippen LogP contribution in [0.2, 0.25) is 0 Å². The fourth-order valence-corrected chi connectivity index (χ4v) is 3.08. The van der Waals surface area contributed by atoms with Gasteiger partial charge in [0, 0.05) is 11.3 Å². The van der Waals surface area contributed by atoms with Crippen molar-refractivity contribution in [2.45, 2.75) is 19.9 Å². The number of methoxy groups -OCH3 is 1. The van der Waals surface area contributed by atoms with Gasteiger partial charge in [-0.1, -0.05) is 36.4 Å². The van der Waals surface area contributed by atoms with Crippen molar-refractivity contribution in [2.24, 2.45) is 5.41 Å². The molecule has 0 radical (unpaired) electrons. The molecular formula is C18H19NO2. The molecule has 2 aromatic carbocycles. The Bertz CT molecular complexity index is 664. The lowest BCUT2D eigenvalue weighted by molar-refractivity contribution is -0.137. The summed E-state index contributed by atoms with van der Waals surface area (Å²) in [5.74, 6) is 0.966. The first-order chi connectivity index (χ1) is 10.1. The van der Waals surface area contributed by atoms with Crippen molar-refractivity contribution in [3.63, 3.8) is 0 Å². The third-order valence-corrected chi connectivity index (χ3v) is 4.18. The molecule has 0 aliphatic carbocycles. The molecule has 3 heteroatoms. The highest BCUT2D eigenvalue weighted by Gasteiger charge is 2.56. The molecule has 1 heterocycles. The topological polar surface area (TPSA) is 29.5 Å². The van der Waals surface area contributed by atoms with E-state index in [2.05, 4.69) is 0 Å². The van der Waals surface area contributed by atoms with Gasteiger partial charge < -0.3 is 9.64 Å². The predicted octanol–water partition coefficient (Wildman–Crippen LogP) is 3.81. The van der Waals surface area contributed by atoms with E-state index < -0.39 is 5.41 Å². The molecule has 1 fully saturated rings. The summed E-state index contributed by atoms with van der Waals surface area (Å²) < 4.78 is 5.48. The Morgan fingerprint density at radius 2 is 1.62 bits per heavy atom. The highest BCUT2D eigenvalue weighted by atomic mass is 16.5. The van der Waals surface area contributed by atoms with Crippen molar-refractivity contribution in [2.75, 3.05) is 12.0 Å². The van der Waals surface area contributed by atoms with E-state index in [1.54, 1.807) is 7.11 Å². The zero-order valence-corrected chi connectivity index (χ0v) is 12.5. The van der Waals surface area contributed by atoms with Gasteiger partial charge in [-0.3, -0.25) is 4.79 Å². The third kappa shape index (κ3) is 2.00. The van der Waals surface area contributed by atoms with Gasteiger partial charge in [-0.15, -0.1) is 0 Å². The molecule has 1 aliphatic rings. The quantitative estimate of drug-likeness (QED) is 0.801. The molecule has 3 rings (SSSR count). The molecular weight excluding hydrogens is 262 g/mol. The van der Waals surface area contributed by atoms with Crippen LogP contribution < -0.4 is 9.64 Å². The second kappa shape index (κ2) is 4.92. The highest BCUT2D eigenvalue weighted by Crippen LogP contribution is 2.53. The van der Waals surface area contributed by atoms with Crippen LogP contribution in [-0.2, 0) is 4.79 Å². The van der Waals surface area contributed by atoms with Crippen LogP contribution in [0.4, 0.5) is 5.69 Å². The van der Waals surface area contributed by atoms with E-state index in [0.717, 1.165) is 17.0 Å². The van der Waals surface area contributed by atoms with Crippen LogP contribution in [0.5, 0.6) is 5.75 Å². The first-order valence-corrected chi connectivity index (χ1v) is 7.09. The summed E-state index contributed by atoms with van der Waals surface area (Å²) >= 11 is 0. The maximum absolute atomic E-state index is 12.6. The zero-order valence-electron chi connectivity index (χ0n) is 12.5. The van der Waals surface area contributed by atoms with E-state index in [-0.39, 0.29) is 11.9 Å². The summed E-state index contributed by atoms with van der Waals surface area (Å²) in [6, 6.07) is 17.7. The monoisotopic (exact) mass is 281 g/mol. The lowest BCUT2D eigenvalue weighted by Crippen LogP contribution is -2.61. The summed E-state index contributed by atoms with van der Waals surface area (Å²) in [6.45, 7) is 3.98. The van der Waals surface area contributed by atoms with Crippen molar-refractivity contribution in [1.82, 2.24) is 0 Å². The molecule has 0 N–H and O–H groups in total. The van der Waals surface area contributed by atoms with E-state index in [1.165, 1.54) is 0 Å². The van der Waals surface area contributed by atoms with Crippen molar-refractivity contribution in [1.29, 1.82) is 0 Å². The first-order valence-electron chi connectivity index (χ1n) is 7.09. The van der Waals surface area contributed by atoms with E-state index >= 15 is 0 Å². The number of amides is 1. The fraction of sp³-hybridized carbons (Fsp3) is 0.278. The number of benzene rings is 2. The van der Waals surface area contributed by atoms with Crippen LogP contribution >= 0.6 is 0 Å². The molecule has 0 bridgehead atoms. The van der Waals surface area contributed by atoms with E-state index in [4.69, 9.17) is 4.74 Å². The number of anilines is 1. The van der Waals surface area contributed by atoms with Gasteiger partial charge in [0.25, 0.3) is 0 Å². The van der Waals surface area contributed by atoms with E-state index in [1.807, 2.05) is 73.3 Å². The Balaban J connectivity index is 2.08. The number of nitrogens with zero attached hydrogens (tertiary/aromatic N) is 1. The van der Waals surface area contributed by atoms with Gasteiger partial charge in [0.15, 0.2) is 0 Å². The summed E-state index contributed by atoms with van der Waals surface area (Å²) in [4.78, 5) is 14.4. The number of hydrogen-bond acceptors (Lipinski definition) is 2. The standard InChI is InChI=1S/C18H19NO2/c1-18(2)16(14-11-7-8-12-15(14)21-3)19(17(18)20)13-9-5-4-6-10-13/h4-12,16H,1-3H3/t16-/m0/s1. The number of hydrogen-bond donors (Lipinski definition) is 0. The van der Waals surface area contributed by atoms with Crippen LogP contribution in [0, 0.1) is 5.41 Å². The van der Waals surface area contributed by atoms with Gasteiger partial charge in [-0.05, 0) is 32.0 Å². The van der Waals surface area contributed by atoms with Gasteiger partial charge in [0.1, 0.15) is 5.75 Å². The number of carbonyl (C=O) groups excluding carboxylic acids is 1. The van der Waals surface area contributed by atoms with Crippen LogP contribution in [0.1, 0.15) is 25.5 Å². The second-order valence-corrected chi connectivity index (χ2v) is 5.88. The molecule has 0 unspecified atom stereocenters. The van der Waals surface area contributed by atoms with Gasteiger partial charge in [0.2, 0.25) is 5.91 Å². The van der Waals surface area contributed by atoms with Crippen LogP contribution in [0.3, 0.4) is 0 Å². The van der Waals surface area contributed by atoms with Crippen molar-refractivity contribution < 1.29 is 9.53 Å². The minimum absolute atomic E-state index is 0.0106. The third-order valence-electron chi connectivity index (χ3n) is 4.18. The molecule has 1 aliphatic heterocycles. The molecule has 108 valence electrons. The van der Waals surface area contributed by atoms with Gasteiger partial charge >= 0.3 is 0 Å². The Morgan fingerprint density at radius 1 is 1.00 bits per heavy atom. The smallest absolute Gasteiger partial charge is 0.235 e. The lowest BCUT2D eigenvalue weighted by atomic mass is 9.70. The molecule has 0 aromatic heterocycles. The average molecular weight is 281 g/mol. The fourth-order valence-electron chi connectivity index (χ4n) is 3.08. The van der Waals surface area contributed by atoms with Crippen molar-refractivity contribution in [3.8, 4) is 5.75 Å². The molecule has 1 amide bonds. The van der Waals surface area contributed by atoms with E-state index in [9.17, 15) is 4.79 Å². The van der Waals surface area contributed by atoms with Crippen LogP contribution in [-0.4, -0.2) is 13.0 Å². The van der Waals surface area contributed by atoms with Crippen molar-refractivity contribution in [3.05, 3.63) is 60.2 Å². The lowest BCUT2D eigenvalue weighted by Gasteiger charge is -2.53. The summed E-state index contributed by atoms with van der Waals surface area (Å²) in [6.07, 6.45) is 0. The minimum Gasteiger partial charge on any atom is -0.496 e. The number of para-hydroxylation sites is 2. The zero-order chi connectivity index (χ0) is 15.0. The average Bonchev–Trinajstić information content (AvgIpc) is 2.52. The van der Waals surface area contributed by atoms with Crippen LogP contribution in [0.25, 0.3) is 0 Å². The van der Waals surface area contributed by atoms with Gasteiger partial charge in [0.05, 0.1) is 18.6 Å². The number of ether oxygens (including phenoxy) is 1. The number of rotatable bonds is 3. The second-order valence-electron chi connectivity index (χ2n) is 5.88. The molecule has 3 nitrogen and oxygen atoms in total. The maximum atomic E-state index is 12.6. The molecule has 1 atom stereocenters. The van der Waals surface area contributed by atoms with Gasteiger partial charge in [-0.25, -0.2) is 0 Å². The summed E-state index contributed by atoms with van der Waals surface area (Å²) in [5.41, 5.74) is 1.55. The largest absolute Gasteiger partial charge is 0.496 e. The molecule has 1 saturated heterocycles. The Morgan fingerprint density at radius 3 is 2.29 bits per heavy atom. The molecule has 2 aromatic rings. The van der Waals surface area contributed by atoms with Crippen molar-refractivity contribution >= 4 is 11.6 Å². The predicted molar refractivity (Wildman–Crippen MR) is 83.4 cm³/mol. The Hall–Kier alpha value is -2.29. The first kappa shape index (κ1) is 13.7.